The normalized spacial score (nSPS) is 10.1. The smallest absolute Gasteiger partial charge is 0.224 e. The van der Waals surface area contributed by atoms with Crippen LogP contribution in [0.25, 0.3) is 0 Å². The first-order valence-electron chi connectivity index (χ1n) is 5.44. The van der Waals surface area contributed by atoms with E-state index in [1.54, 1.807) is 25.1 Å². The maximum absolute atomic E-state index is 10.7. The molecule has 5 nitrogen and oxygen atoms in total. The first-order chi connectivity index (χ1) is 9.12. The number of carbonyl (C=O) groups excluding carboxylic acids is 1. The van der Waals surface area contributed by atoms with Crippen LogP contribution >= 0.6 is 11.6 Å². The molecule has 0 amide bonds. The molecule has 1 heterocycles. The number of hydrogen-bond acceptors (Lipinski definition) is 5. The lowest BCUT2D eigenvalue weighted by Gasteiger charge is -2.10. The van der Waals surface area contributed by atoms with Gasteiger partial charge in [0.2, 0.25) is 5.88 Å². The number of hydrogen-bond donors (Lipinski definition) is 0. The molecule has 0 saturated heterocycles. The van der Waals surface area contributed by atoms with Crippen LogP contribution in [0.15, 0.2) is 24.3 Å². The van der Waals surface area contributed by atoms with Gasteiger partial charge in [-0.05, 0) is 25.1 Å². The second-order valence-electron chi connectivity index (χ2n) is 3.71. The Labute approximate surface area is 115 Å². The van der Waals surface area contributed by atoms with E-state index in [9.17, 15) is 4.79 Å². The van der Waals surface area contributed by atoms with Crippen molar-refractivity contribution in [3.05, 3.63) is 40.8 Å². The maximum atomic E-state index is 10.7. The van der Waals surface area contributed by atoms with Gasteiger partial charge in [0.05, 0.1) is 7.11 Å². The number of ether oxygens (including phenoxy) is 2. The summed E-state index contributed by atoms with van der Waals surface area (Å²) in [5.74, 6) is 1.71. The minimum Gasteiger partial charge on any atom is -0.493 e. The predicted molar refractivity (Wildman–Crippen MR) is 70.2 cm³/mol. The molecule has 0 N–H and O–H groups in total. The minimum absolute atomic E-state index is 0.297. The summed E-state index contributed by atoms with van der Waals surface area (Å²) in [6.07, 6.45) is 0.734. The SMILES string of the molecule is COc1cc(C=O)ccc1Oc1cc(Cl)nc(C)n1. The zero-order valence-electron chi connectivity index (χ0n) is 10.4. The fourth-order valence-electron chi connectivity index (χ4n) is 1.51. The third-order valence-corrected chi connectivity index (χ3v) is 2.52. The first kappa shape index (κ1) is 13.3. The molecule has 2 rings (SSSR count). The lowest BCUT2D eigenvalue weighted by Crippen LogP contribution is -1.96. The lowest BCUT2D eigenvalue weighted by atomic mass is 10.2. The van der Waals surface area contributed by atoms with Crippen LogP contribution in [0, 0.1) is 6.92 Å². The molecular weight excluding hydrogens is 268 g/mol. The topological polar surface area (TPSA) is 61.3 Å². The third-order valence-electron chi connectivity index (χ3n) is 2.32. The highest BCUT2D eigenvalue weighted by Crippen LogP contribution is 2.31. The van der Waals surface area contributed by atoms with Crippen LogP contribution in [-0.4, -0.2) is 23.4 Å². The number of nitrogens with zero attached hydrogens (tertiary/aromatic N) is 2. The molecule has 0 bridgehead atoms. The molecule has 98 valence electrons. The Bertz CT molecular complexity index is 597. The van der Waals surface area contributed by atoms with Crippen LogP contribution in [0.4, 0.5) is 0 Å². The largest absolute Gasteiger partial charge is 0.493 e. The molecule has 0 radical (unpaired) electrons. The quantitative estimate of drug-likeness (QED) is 0.635. The van der Waals surface area contributed by atoms with Crippen molar-refractivity contribution in [1.29, 1.82) is 0 Å². The number of benzene rings is 1. The monoisotopic (exact) mass is 278 g/mol. The predicted octanol–water partition coefficient (Wildman–Crippen LogP) is 3.05. The van der Waals surface area contributed by atoms with Crippen molar-refractivity contribution in [3.8, 4) is 17.4 Å². The Kier molecular flexibility index (Phi) is 3.97. The number of aromatic nitrogens is 2. The number of aryl methyl sites for hydroxylation is 1. The van der Waals surface area contributed by atoms with Gasteiger partial charge >= 0.3 is 0 Å². The molecule has 0 atom stereocenters. The molecule has 6 heteroatoms. The third kappa shape index (κ3) is 3.20. The highest BCUT2D eigenvalue weighted by Gasteiger charge is 2.09. The number of carbonyl (C=O) groups is 1. The lowest BCUT2D eigenvalue weighted by molar-refractivity contribution is 0.112. The van der Waals surface area contributed by atoms with Gasteiger partial charge in [0, 0.05) is 11.6 Å². The van der Waals surface area contributed by atoms with Crippen molar-refractivity contribution in [2.45, 2.75) is 6.92 Å². The van der Waals surface area contributed by atoms with E-state index in [2.05, 4.69) is 9.97 Å². The van der Waals surface area contributed by atoms with Crippen molar-refractivity contribution in [2.75, 3.05) is 7.11 Å². The van der Waals surface area contributed by atoms with Crippen molar-refractivity contribution >= 4 is 17.9 Å². The molecule has 0 aliphatic heterocycles. The van der Waals surface area contributed by atoms with E-state index in [0.29, 0.717) is 33.9 Å². The molecule has 0 aliphatic carbocycles. The molecule has 0 spiro atoms. The molecule has 0 unspecified atom stereocenters. The van der Waals surface area contributed by atoms with Crippen molar-refractivity contribution in [2.24, 2.45) is 0 Å². The first-order valence-corrected chi connectivity index (χ1v) is 5.82. The molecule has 0 aliphatic rings. The van der Waals surface area contributed by atoms with E-state index >= 15 is 0 Å². The highest BCUT2D eigenvalue weighted by atomic mass is 35.5. The van der Waals surface area contributed by atoms with Crippen molar-refractivity contribution < 1.29 is 14.3 Å². The summed E-state index contributed by atoms with van der Waals surface area (Å²) in [7, 11) is 1.50. The molecule has 1 aromatic heterocycles. The summed E-state index contributed by atoms with van der Waals surface area (Å²) >= 11 is 5.83. The molecule has 19 heavy (non-hydrogen) atoms. The van der Waals surface area contributed by atoms with Crippen LogP contribution in [0.5, 0.6) is 17.4 Å². The maximum Gasteiger partial charge on any atom is 0.224 e. The number of halogens is 1. The Morgan fingerprint density at radius 2 is 2.00 bits per heavy atom. The molecule has 1 aromatic carbocycles. The van der Waals surface area contributed by atoms with Gasteiger partial charge in [-0.2, -0.15) is 4.98 Å². The summed E-state index contributed by atoms with van der Waals surface area (Å²) < 4.78 is 10.7. The van der Waals surface area contributed by atoms with Crippen LogP contribution in [-0.2, 0) is 0 Å². The van der Waals surface area contributed by atoms with Crippen molar-refractivity contribution in [3.63, 3.8) is 0 Å². The van der Waals surface area contributed by atoms with Gasteiger partial charge in [-0.3, -0.25) is 4.79 Å². The van der Waals surface area contributed by atoms with Gasteiger partial charge in [-0.1, -0.05) is 11.6 Å². The van der Waals surface area contributed by atoms with Gasteiger partial charge in [-0.15, -0.1) is 0 Å². The standard InChI is InChI=1S/C13H11ClN2O3/c1-8-15-12(14)6-13(16-8)19-10-4-3-9(7-17)5-11(10)18-2/h3-7H,1-2H3. The number of rotatable bonds is 4. The number of aldehydes is 1. The fraction of sp³-hybridized carbons (Fsp3) is 0.154. The van der Waals surface area contributed by atoms with E-state index < -0.39 is 0 Å². The van der Waals surface area contributed by atoms with Crippen LogP contribution in [0.2, 0.25) is 5.15 Å². The van der Waals surface area contributed by atoms with Gasteiger partial charge in [-0.25, -0.2) is 4.98 Å². The summed E-state index contributed by atoms with van der Waals surface area (Å²) in [6.45, 7) is 1.71. The summed E-state index contributed by atoms with van der Waals surface area (Å²) in [5.41, 5.74) is 0.501. The van der Waals surface area contributed by atoms with E-state index in [-0.39, 0.29) is 0 Å². The van der Waals surface area contributed by atoms with Crippen LogP contribution < -0.4 is 9.47 Å². The second kappa shape index (κ2) is 5.67. The summed E-state index contributed by atoms with van der Waals surface area (Å²) in [6, 6.07) is 6.34. The van der Waals surface area contributed by atoms with Gasteiger partial charge < -0.3 is 9.47 Å². The Morgan fingerprint density at radius 3 is 2.63 bits per heavy atom. The van der Waals surface area contributed by atoms with E-state index in [0.717, 1.165) is 6.29 Å². The zero-order valence-corrected chi connectivity index (χ0v) is 11.1. The molecule has 0 saturated carbocycles. The van der Waals surface area contributed by atoms with Crippen LogP contribution in [0.3, 0.4) is 0 Å². The molecular formula is C13H11ClN2O3. The average Bonchev–Trinajstić information content (AvgIpc) is 2.38. The Balaban J connectivity index is 2.34. The zero-order chi connectivity index (χ0) is 13.8. The van der Waals surface area contributed by atoms with E-state index in [1.807, 2.05) is 0 Å². The van der Waals surface area contributed by atoms with Gasteiger partial charge in [0.25, 0.3) is 0 Å². The Morgan fingerprint density at radius 1 is 1.21 bits per heavy atom. The highest BCUT2D eigenvalue weighted by molar-refractivity contribution is 6.29. The Hall–Kier alpha value is -2.14. The second-order valence-corrected chi connectivity index (χ2v) is 4.09. The minimum atomic E-state index is 0.297. The van der Waals surface area contributed by atoms with E-state index in [1.165, 1.54) is 13.2 Å². The summed E-state index contributed by atoms with van der Waals surface area (Å²) in [5, 5.41) is 0.297. The summed E-state index contributed by atoms with van der Waals surface area (Å²) in [4.78, 5) is 18.7. The van der Waals surface area contributed by atoms with Crippen molar-refractivity contribution in [1.82, 2.24) is 9.97 Å². The fourth-order valence-corrected chi connectivity index (χ4v) is 1.73. The molecule has 0 fully saturated rings. The molecule has 2 aromatic rings. The number of methoxy groups -OCH3 is 1. The van der Waals surface area contributed by atoms with E-state index in [4.69, 9.17) is 21.1 Å². The van der Waals surface area contributed by atoms with Gasteiger partial charge in [0.1, 0.15) is 17.3 Å². The van der Waals surface area contributed by atoms with Crippen LogP contribution in [0.1, 0.15) is 16.2 Å². The van der Waals surface area contributed by atoms with Gasteiger partial charge in [0.15, 0.2) is 11.5 Å². The average molecular weight is 279 g/mol.